The van der Waals surface area contributed by atoms with Crippen LogP contribution in [-0.4, -0.2) is 28.7 Å². The minimum atomic E-state index is -0.429. The number of nitrogens with zero attached hydrogens (tertiary/aromatic N) is 1. The van der Waals surface area contributed by atoms with Crippen LogP contribution >= 0.6 is 27.5 Å². The fraction of sp³-hybridized carbons (Fsp3) is 0.364. The van der Waals surface area contributed by atoms with E-state index in [1.807, 2.05) is 0 Å². The second-order valence-electron chi connectivity index (χ2n) is 3.76. The molecule has 1 aliphatic heterocycles. The highest BCUT2D eigenvalue weighted by Crippen LogP contribution is 2.23. The standard InChI is InChI=1S/C11H10BrClFNO/c12-7-3-4-15(6-7)11(16)9-2-1-8(14)5-10(9)13/h1-2,5,7H,3-4,6H2. The largest absolute Gasteiger partial charge is 0.337 e. The van der Waals surface area contributed by atoms with Gasteiger partial charge in [-0.15, -0.1) is 0 Å². The molecule has 1 saturated heterocycles. The zero-order valence-electron chi connectivity index (χ0n) is 8.42. The summed E-state index contributed by atoms with van der Waals surface area (Å²) in [5.74, 6) is -0.562. The van der Waals surface area contributed by atoms with Crippen molar-refractivity contribution < 1.29 is 9.18 Å². The fourth-order valence-electron chi connectivity index (χ4n) is 1.74. The average Bonchev–Trinajstić information content (AvgIpc) is 2.64. The third-order valence-electron chi connectivity index (χ3n) is 2.58. The van der Waals surface area contributed by atoms with Gasteiger partial charge in [0.05, 0.1) is 10.6 Å². The van der Waals surface area contributed by atoms with Gasteiger partial charge >= 0.3 is 0 Å². The Bertz CT molecular complexity index is 426. The van der Waals surface area contributed by atoms with E-state index in [1.54, 1.807) is 4.90 Å². The lowest BCUT2D eigenvalue weighted by Gasteiger charge is -2.16. The van der Waals surface area contributed by atoms with E-state index in [1.165, 1.54) is 12.1 Å². The van der Waals surface area contributed by atoms with Crippen molar-refractivity contribution in [2.75, 3.05) is 13.1 Å². The number of halogens is 3. The lowest BCUT2D eigenvalue weighted by Crippen LogP contribution is -2.29. The molecule has 1 atom stereocenters. The molecule has 1 aromatic carbocycles. The molecular weight excluding hydrogens is 296 g/mol. The average molecular weight is 307 g/mol. The van der Waals surface area contributed by atoms with E-state index in [4.69, 9.17) is 11.6 Å². The van der Waals surface area contributed by atoms with Crippen LogP contribution in [0.15, 0.2) is 18.2 Å². The van der Waals surface area contributed by atoms with Crippen LogP contribution in [0.1, 0.15) is 16.8 Å². The van der Waals surface area contributed by atoms with Gasteiger partial charge in [0, 0.05) is 17.9 Å². The van der Waals surface area contributed by atoms with E-state index in [9.17, 15) is 9.18 Å². The first-order valence-electron chi connectivity index (χ1n) is 4.96. The summed E-state index contributed by atoms with van der Waals surface area (Å²) in [6.07, 6.45) is 0.935. The number of hydrogen-bond acceptors (Lipinski definition) is 1. The Morgan fingerprint density at radius 3 is 2.88 bits per heavy atom. The molecule has 0 spiro atoms. The molecule has 16 heavy (non-hydrogen) atoms. The number of hydrogen-bond donors (Lipinski definition) is 0. The van der Waals surface area contributed by atoms with Crippen LogP contribution < -0.4 is 0 Å². The molecule has 0 bridgehead atoms. The Hall–Kier alpha value is -0.610. The van der Waals surface area contributed by atoms with Crippen LogP contribution in [0.25, 0.3) is 0 Å². The predicted octanol–water partition coefficient (Wildman–Crippen LogP) is 3.09. The molecule has 2 rings (SSSR count). The highest BCUT2D eigenvalue weighted by atomic mass is 79.9. The van der Waals surface area contributed by atoms with Gasteiger partial charge in [-0.1, -0.05) is 27.5 Å². The predicted molar refractivity (Wildman–Crippen MR) is 64.6 cm³/mol. The van der Waals surface area contributed by atoms with Crippen molar-refractivity contribution in [2.24, 2.45) is 0 Å². The normalized spacial score (nSPS) is 20.2. The minimum Gasteiger partial charge on any atom is -0.337 e. The van der Waals surface area contributed by atoms with Gasteiger partial charge in [0.2, 0.25) is 0 Å². The Morgan fingerprint density at radius 1 is 1.56 bits per heavy atom. The van der Waals surface area contributed by atoms with Crippen LogP contribution in [-0.2, 0) is 0 Å². The molecule has 1 amide bonds. The summed E-state index contributed by atoms with van der Waals surface area (Å²) >= 11 is 9.30. The van der Waals surface area contributed by atoms with Crippen LogP contribution in [0, 0.1) is 5.82 Å². The zero-order valence-corrected chi connectivity index (χ0v) is 10.8. The number of likely N-dealkylation sites (tertiary alicyclic amines) is 1. The molecule has 0 N–H and O–H groups in total. The fourth-order valence-corrected chi connectivity index (χ4v) is 2.54. The van der Waals surface area contributed by atoms with Gasteiger partial charge in [-0.3, -0.25) is 4.79 Å². The maximum Gasteiger partial charge on any atom is 0.255 e. The van der Waals surface area contributed by atoms with Gasteiger partial charge < -0.3 is 4.90 Å². The Balaban J connectivity index is 2.21. The van der Waals surface area contributed by atoms with E-state index in [2.05, 4.69) is 15.9 Å². The summed E-state index contributed by atoms with van der Waals surface area (Å²) in [4.78, 5) is 14.1. The van der Waals surface area contributed by atoms with Crippen molar-refractivity contribution in [3.8, 4) is 0 Å². The van der Waals surface area contributed by atoms with Crippen LogP contribution in [0.4, 0.5) is 4.39 Å². The van der Waals surface area contributed by atoms with Gasteiger partial charge in [-0.2, -0.15) is 0 Å². The van der Waals surface area contributed by atoms with E-state index in [0.717, 1.165) is 12.5 Å². The van der Waals surface area contributed by atoms with E-state index < -0.39 is 5.82 Å². The van der Waals surface area contributed by atoms with E-state index in [-0.39, 0.29) is 10.9 Å². The first kappa shape index (κ1) is 11.9. The second-order valence-corrected chi connectivity index (χ2v) is 5.46. The maximum atomic E-state index is 12.8. The van der Waals surface area contributed by atoms with Crippen molar-refractivity contribution in [3.05, 3.63) is 34.6 Å². The first-order chi connectivity index (χ1) is 7.58. The van der Waals surface area contributed by atoms with E-state index in [0.29, 0.717) is 23.5 Å². The smallest absolute Gasteiger partial charge is 0.255 e. The molecule has 2 nitrogen and oxygen atoms in total. The summed E-state index contributed by atoms with van der Waals surface area (Å²) < 4.78 is 12.8. The number of rotatable bonds is 1. The molecule has 1 aromatic rings. The van der Waals surface area contributed by atoms with Gasteiger partial charge in [0.25, 0.3) is 5.91 Å². The zero-order chi connectivity index (χ0) is 11.7. The van der Waals surface area contributed by atoms with Gasteiger partial charge in [-0.05, 0) is 24.6 Å². The molecule has 86 valence electrons. The molecular formula is C11H10BrClFNO. The second kappa shape index (κ2) is 4.72. The molecule has 0 aromatic heterocycles. The summed E-state index contributed by atoms with van der Waals surface area (Å²) in [5.41, 5.74) is 0.365. The molecule has 5 heteroatoms. The topological polar surface area (TPSA) is 20.3 Å². The Labute approximate surface area is 107 Å². The SMILES string of the molecule is O=C(c1ccc(F)cc1Cl)N1CCC(Br)C1. The van der Waals surface area contributed by atoms with Crippen molar-refractivity contribution in [1.29, 1.82) is 0 Å². The quantitative estimate of drug-likeness (QED) is 0.730. The van der Waals surface area contributed by atoms with Crippen molar-refractivity contribution >= 4 is 33.4 Å². The Kier molecular flexibility index (Phi) is 3.50. The lowest BCUT2D eigenvalue weighted by atomic mass is 10.2. The lowest BCUT2D eigenvalue weighted by molar-refractivity contribution is 0.0793. The highest BCUT2D eigenvalue weighted by Gasteiger charge is 2.26. The van der Waals surface area contributed by atoms with Crippen molar-refractivity contribution in [1.82, 2.24) is 4.90 Å². The molecule has 0 aliphatic carbocycles. The third-order valence-corrected chi connectivity index (χ3v) is 3.64. The van der Waals surface area contributed by atoms with Gasteiger partial charge in [0.15, 0.2) is 0 Å². The third kappa shape index (κ3) is 2.38. The summed E-state index contributed by atoms with van der Waals surface area (Å²) in [6, 6.07) is 3.85. The van der Waals surface area contributed by atoms with Crippen LogP contribution in [0.5, 0.6) is 0 Å². The van der Waals surface area contributed by atoms with Gasteiger partial charge in [-0.25, -0.2) is 4.39 Å². The van der Waals surface area contributed by atoms with Gasteiger partial charge in [0.1, 0.15) is 5.82 Å². The molecule has 1 fully saturated rings. The molecule has 1 unspecified atom stereocenters. The Morgan fingerprint density at radius 2 is 2.31 bits per heavy atom. The summed E-state index contributed by atoms with van der Waals surface area (Å²) in [7, 11) is 0. The summed E-state index contributed by atoms with van der Waals surface area (Å²) in [5, 5.41) is 0.169. The number of benzene rings is 1. The van der Waals surface area contributed by atoms with Crippen LogP contribution in [0.3, 0.4) is 0 Å². The number of carbonyl (C=O) groups is 1. The molecule has 1 aliphatic rings. The minimum absolute atomic E-state index is 0.132. The number of amides is 1. The van der Waals surface area contributed by atoms with Crippen molar-refractivity contribution in [3.63, 3.8) is 0 Å². The monoisotopic (exact) mass is 305 g/mol. The first-order valence-corrected chi connectivity index (χ1v) is 6.25. The number of alkyl halides is 1. The van der Waals surface area contributed by atoms with Crippen molar-refractivity contribution in [2.45, 2.75) is 11.2 Å². The molecule has 1 heterocycles. The highest BCUT2D eigenvalue weighted by molar-refractivity contribution is 9.09. The molecule has 0 radical (unpaired) electrons. The number of carbonyl (C=O) groups excluding carboxylic acids is 1. The maximum absolute atomic E-state index is 12.8. The summed E-state index contributed by atoms with van der Waals surface area (Å²) in [6.45, 7) is 1.38. The van der Waals surface area contributed by atoms with Crippen LogP contribution in [0.2, 0.25) is 5.02 Å². The van der Waals surface area contributed by atoms with E-state index >= 15 is 0 Å². The molecule has 0 saturated carbocycles.